The largest absolute Gasteiger partial charge is 0.481 e. The van der Waals surface area contributed by atoms with Crippen LogP contribution in [0.4, 0.5) is 0 Å². The van der Waals surface area contributed by atoms with Crippen LogP contribution in [-0.2, 0) is 16.1 Å². The van der Waals surface area contributed by atoms with E-state index in [4.69, 9.17) is 9.15 Å². The molecule has 134 valence electrons. The maximum atomic E-state index is 13.0. The average molecular weight is 345 g/mol. The van der Waals surface area contributed by atoms with E-state index in [2.05, 4.69) is 0 Å². The summed E-state index contributed by atoms with van der Waals surface area (Å²) >= 11 is 0. The third-order valence-electron chi connectivity index (χ3n) is 4.51. The second kappa shape index (κ2) is 7.27. The number of hydrogen-bond acceptors (Lipinski definition) is 4. The summed E-state index contributed by atoms with van der Waals surface area (Å²) in [6.07, 6.45) is 1.31. The molecule has 1 atom stereocenters. The van der Waals surface area contributed by atoms with Gasteiger partial charge in [0.1, 0.15) is 5.58 Å². The Morgan fingerprint density at radius 1 is 1.36 bits per heavy atom. The number of carbonyl (C=O) groups excluding carboxylic acids is 1. The molecule has 2 heterocycles. The third kappa shape index (κ3) is 3.69. The van der Waals surface area contributed by atoms with Crippen molar-refractivity contribution >= 4 is 22.8 Å². The zero-order valence-electron chi connectivity index (χ0n) is 14.5. The lowest BCUT2D eigenvalue weighted by Crippen LogP contribution is -2.42. The molecular weight excluding hydrogens is 322 g/mol. The van der Waals surface area contributed by atoms with Crippen molar-refractivity contribution < 1.29 is 23.8 Å². The highest BCUT2D eigenvalue weighted by Crippen LogP contribution is 2.29. The molecule has 0 spiro atoms. The zero-order valence-corrected chi connectivity index (χ0v) is 14.5. The number of hydrogen-bond donors (Lipinski definition) is 1. The van der Waals surface area contributed by atoms with Gasteiger partial charge in [-0.25, -0.2) is 0 Å². The number of amides is 1. The molecule has 0 saturated carbocycles. The lowest BCUT2D eigenvalue weighted by atomic mass is 9.98. The van der Waals surface area contributed by atoms with Crippen molar-refractivity contribution in [3.63, 3.8) is 0 Å². The van der Waals surface area contributed by atoms with Gasteiger partial charge in [0, 0.05) is 24.0 Å². The number of carbonyl (C=O) groups is 2. The Morgan fingerprint density at radius 2 is 2.12 bits per heavy atom. The zero-order chi connectivity index (χ0) is 18.0. The van der Waals surface area contributed by atoms with Crippen LogP contribution in [0, 0.1) is 5.92 Å². The summed E-state index contributed by atoms with van der Waals surface area (Å²) in [6.45, 7) is 4.92. The lowest BCUT2D eigenvalue weighted by molar-refractivity contribution is -0.143. The number of fused-ring (bicyclic) bond motifs is 1. The van der Waals surface area contributed by atoms with E-state index in [1.54, 1.807) is 4.90 Å². The number of benzene rings is 1. The predicted molar refractivity (Wildman–Crippen MR) is 92.4 cm³/mol. The Kier molecular flexibility index (Phi) is 5.08. The highest BCUT2D eigenvalue weighted by atomic mass is 16.5. The SMILES string of the molecule is CC(C)OCc1c(C(=O)N2CCC[C@H](C(=O)O)C2)oc2ccccc12. The molecule has 1 N–H and O–H groups in total. The van der Waals surface area contributed by atoms with Crippen molar-refractivity contribution in [3.8, 4) is 0 Å². The van der Waals surface area contributed by atoms with E-state index in [1.165, 1.54) is 0 Å². The maximum Gasteiger partial charge on any atom is 0.308 e. The van der Waals surface area contributed by atoms with Gasteiger partial charge >= 0.3 is 5.97 Å². The van der Waals surface area contributed by atoms with Gasteiger partial charge in [-0.3, -0.25) is 9.59 Å². The summed E-state index contributed by atoms with van der Waals surface area (Å²) < 4.78 is 11.5. The van der Waals surface area contributed by atoms with E-state index >= 15 is 0 Å². The monoisotopic (exact) mass is 345 g/mol. The number of carboxylic acid groups (broad SMARTS) is 1. The van der Waals surface area contributed by atoms with Gasteiger partial charge in [-0.15, -0.1) is 0 Å². The smallest absolute Gasteiger partial charge is 0.308 e. The van der Waals surface area contributed by atoms with Gasteiger partial charge in [0.2, 0.25) is 0 Å². The highest BCUT2D eigenvalue weighted by Gasteiger charge is 2.32. The molecular formula is C19H23NO5. The molecule has 25 heavy (non-hydrogen) atoms. The number of nitrogens with zero attached hydrogens (tertiary/aromatic N) is 1. The van der Waals surface area contributed by atoms with E-state index in [-0.39, 0.29) is 30.9 Å². The van der Waals surface area contributed by atoms with Gasteiger partial charge in [0.15, 0.2) is 5.76 Å². The lowest BCUT2D eigenvalue weighted by Gasteiger charge is -2.30. The summed E-state index contributed by atoms with van der Waals surface area (Å²) in [6, 6.07) is 7.48. The van der Waals surface area contributed by atoms with Crippen LogP contribution in [0.15, 0.2) is 28.7 Å². The van der Waals surface area contributed by atoms with Crippen LogP contribution in [0.25, 0.3) is 11.0 Å². The molecule has 1 fully saturated rings. The van der Waals surface area contributed by atoms with Crippen molar-refractivity contribution in [1.82, 2.24) is 4.90 Å². The molecule has 2 aromatic rings. The summed E-state index contributed by atoms with van der Waals surface area (Å²) in [5.74, 6) is -1.37. The van der Waals surface area contributed by atoms with Gasteiger partial charge in [0.25, 0.3) is 5.91 Å². The van der Waals surface area contributed by atoms with Gasteiger partial charge in [-0.1, -0.05) is 18.2 Å². The molecule has 1 saturated heterocycles. The fourth-order valence-electron chi connectivity index (χ4n) is 3.17. The summed E-state index contributed by atoms with van der Waals surface area (Å²) in [4.78, 5) is 25.8. The molecule has 1 aromatic carbocycles. The fraction of sp³-hybridized carbons (Fsp3) is 0.474. The van der Waals surface area contributed by atoms with Crippen LogP contribution in [0.1, 0.15) is 42.8 Å². The van der Waals surface area contributed by atoms with Gasteiger partial charge in [0.05, 0.1) is 18.6 Å². The minimum Gasteiger partial charge on any atom is -0.481 e. The molecule has 1 aliphatic heterocycles. The normalized spacial score (nSPS) is 18.0. The molecule has 3 rings (SSSR count). The number of aliphatic carboxylic acids is 1. The van der Waals surface area contributed by atoms with Crippen LogP contribution in [0.3, 0.4) is 0 Å². The van der Waals surface area contributed by atoms with E-state index in [0.717, 1.165) is 10.9 Å². The van der Waals surface area contributed by atoms with Crippen molar-refractivity contribution in [2.45, 2.75) is 39.4 Å². The number of ether oxygens (including phenoxy) is 1. The molecule has 1 amide bonds. The van der Waals surface area contributed by atoms with E-state index in [9.17, 15) is 14.7 Å². The van der Waals surface area contributed by atoms with Crippen LogP contribution in [0.5, 0.6) is 0 Å². The van der Waals surface area contributed by atoms with Crippen LogP contribution >= 0.6 is 0 Å². The molecule has 6 heteroatoms. The van der Waals surface area contributed by atoms with E-state index in [0.29, 0.717) is 25.0 Å². The average Bonchev–Trinajstić information content (AvgIpc) is 2.98. The van der Waals surface area contributed by atoms with Crippen molar-refractivity contribution in [1.29, 1.82) is 0 Å². The number of para-hydroxylation sites is 1. The fourth-order valence-corrected chi connectivity index (χ4v) is 3.17. The van der Waals surface area contributed by atoms with Crippen molar-refractivity contribution in [3.05, 3.63) is 35.6 Å². The maximum absolute atomic E-state index is 13.0. The van der Waals surface area contributed by atoms with Gasteiger partial charge in [-0.2, -0.15) is 0 Å². The van der Waals surface area contributed by atoms with Crippen LogP contribution in [0.2, 0.25) is 0 Å². The van der Waals surface area contributed by atoms with E-state index < -0.39 is 11.9 Å². The number of rotatable bonds is 5. The van der Waals surface area contributed by atoms with Crippen LogP contribution < -0.4 is 0 Å². The summed E-state index contributed by atoms with van der Waals surface area (Å²) in [5, 5.41) is 10.1. The van der Waals surface area contributed by atoms with Crippen molar-refractivity contribution in [2.24, 2.45) is 5.92 Å². The van der Waals surface area contributed by atoms with E-state index in [1.807, 2.05) is 38.1 Å². The third-order valence-corrected chi connectivity index (χ3v) is 4.51. The molecule has 0 radical (unpaired) electrons. The Bertz CT molecular complexity index is 779. The first-order valence-corrected chi connectivity index (χ1v) is 8.61. The summed E-state index contributed by atoms with van der Waals surface area (Å²) in [7, 11) is 0. The van der Waals surface area contributed by atoms with Gasteiger partial charge < -0.3 is 19.2 Å². The molecule has 0 bridgehead atoms. The first-order chi connectivity index (χ1) is 12.0. The number of likely N-dealkylation sites (tertiary alicyclic amines) is 1. The Balaban J connectivity index is 1.92. The number of furan rings is 1. The quantitative estimate of drug-likeness (QED) is 0.899. The minimum absolute atomic E-state index is 0.0305. The Hall–Kier alpha value is -2.34. The number of piperidine rings is 1. The Morgan fingerprint density at radius 3 is 2.84 bits per heavy atom. The minimum atomic E-state index is -0.856. The predicted octanol–water partition coefficient (Wildman–Crippen LogP) is 3.29. The molecule has 0 aliphatic carbocycles. The molecule has 1 aliphatic rings. The first kappa shape index (κ1) is 17.5. The van der Waals surface area contributed by atoms with Crippen molar-refractivity contribution in [2.75, 3.05) is 13.1 Å². The summed E-state index contributed by atoms with van der Waals surface area (Å²) in [5.41, 5.74) is 1.37. The first-order valence-electron chi connectivity index (χ1n) is 8.61. The number of carboxylic acids is 1. The topological polar surface area (TPSA) is 80.0 Å². The molecule has 6 nitrogen and oxygen atoms in total. The van der Waals surface area contributed by atoms with Gasteiger partial charge in [-0.05, 0) is 32.8 Å². The Labute approximate surface area is 146 Å². The second-order valence-electron chi connectivity index (χ2n) is 6.69. The highest BCUT2D eigenvalue weighted by molar-refractivity contribution is 5.99. The molecule has 0 unspecified atom stereocenters. The standard InChI is InChI=1S/C19H23NO5/c1-12(2)24-11-15-14-7-3-4-8-16(14)25-17(15)18(21)20-9-5-6-13(10-20)19(22)23/h3-4,7-8,12-13H,5-6,9-11H2,1-2H3,(H,22,23)/t13-/m0/s1. The van der Waals surface area contributed by atoms with Crippen LogP contribution in [-0.4, -0.2) is 41.1 Å². The second-order valence-corrected chi connectivity index (χ2v) is 6.69. The molecule has 1 aromatic heterocycles.